The number of hydrogen-bond donors (Lipinski definition) is 0. The van der Waals surface area contributed by atoms with Crippen LogP contribution in [0.2, 0.25) is 0 Å². The van der Waals surface area contributed by atoms with Gasteiger partial charge in [-0.3, -0.25) is 9.59 Å². The molecule has 3 unspecified atom stereocenters. The van der Waals surface area contributed by atoms with Crippen LogP contribution in [0.1, 0.15) is 40.5 Å². The first-order chi connectivity index (χ1) is 12.6. The van der Waals surface area contributed by atoms with E-state index < -0.39 is 12.1 Å². The second kappa shape index (κ2) is 8.07. The fourth-order valence-corrected chi connectivity index (χ4v) is 3.70. The van der Waals surface area contributed by atoms with Crippen LogP contribution in [-0.2, 0) is 23.9 Å². The van der Waals surface area contributed by atoms with Crippen molar-refractivity contribution in [2.45, 2.75) is 46.6 Å². The summed E-state index contributed by atoms with van der Waals surface area (Å²) in [5.74, 6) is -1.11. The van der Waals surface area contributed by atoms with Gasteiger partial charge in [0.2, 0.25) is 0 Å². The highest BCUT2D eigenvalue weighted by Gasteiger charge is 2.62. The quantitative estimate of drug-likeness (QED) is 0.387. The first-order valence-electron chi connectivity index (χ1n) is 9.12. The minimum absolute atomic E-state index is 0.0204. The number of carbonyl (C=O) groups excluding carboxylic acids is 3. The lowest BCUT2D eigenvalue weighted by molar-refractivity contribution is -0.150. The fraction of sp³-hybridized carbons (Fsp3) is 0.500. The predicted molar refractivity (Wildman–Crippen MR) is 103 cm³/mol. The summed E-state index contributed by atoms with van der Waals surface area (Å²) in [6.07, 6.45) is 7.32. The number of rotatable bonds is 7. The maximum atomic E-state index is 12.7. The van der Waals surface area contributed by atoms with E-state index in [9.17, 15) is 14.4 Å². The van der Waals surface area contributed by atoms with Crippen LogP contribution in [0.4, 0.5) is 0 Å². The molecular weight excluding hydrogens is 344 g/mol. The number of hydrogen-bond acceptors (Lipinski definition) is 5. The highest BCUT2D eigenvalue weighted by Crippen LogP contribution is 2.60. The molecule has 2 aliphatic rings. The third-order valence-corrected chi connectivity index (χ3v) is 5.62. The molecule has 0 spiro atoms. The van der Waals surface area contributed by atoms with Gasteiger partial charge in [-0.15, -0.1) is 0 Å². The first kappa shape index (κ1) is 20.9. The number of ketones is 1. The Balaban J connectivity index is 2.07. The molecule has 2 aliphatic carbocycles. The number of esters is 2. The fourth-order valence-electron chi connectivity index (χ4n) is 3.70. The number of methoxy groups -OCH3 is 1. The van der Waals surface area contributed by atoms with Crippen LogP contribution < -0.4 is 0 Å². The van der Waals surface area contributed by atoms with Gasteiger partial charge >= 0.3 is 11.9 Å². The van der Waals surface area contributed by atoms with Gasteiger partial charge < -0.3 is 9.47 Å². The van der Waals surface area contributed by atoms with Crippen LogP contribution in [0, 0.1) is 17.3 Å². The van der Waals surface area contributed by atoms with E-state index in [0.29, 0.717) is 17.6 Å². The Bertz CT molecular complexity index is 751. The summed E-state index contributed by atoms with van der Waals surface area (Å²) in [4.78, 5) is 36.5. The van der Waals surface area contributed by atoms with E-state index in [1.165, 1.54) is 7.11 Å². The number of carbonyl (C=O) groups is 3. The van der Waals surface area contributed by atoms with Gasteiger partial charge in [0.25, 0.3) is 0 Å². The summed E-state index contributed by atoms with van der Waals surface area (Å²) in [6.45, 7) is 11.1. The zero-order valence-corrected chi connectivity index (χ0v) is 16.7. The van der Waals surface area contributed by atoms with Gasteiger partial charge in [0, 0.05) is 11.1 Å². The lowest BCUT2D eigenvalue weighted by Gasteiger charge is -2.13. The maximum Gasteiger partial charge on any atom is 0.333 e. The Morgan fingerprint density at radius 1 is 1.33 bits per heavy atom. The Kier molecular flexibility index (Phi) is 6.24. The van der Waals surface area contributed by atoms with E-state index >= 15 is 0 Å². The molecule has 2 rings (SSSR count). The van der Waals surface area contributed by atoms with Crippen LogP contribution >= 0.6 is 0 Å². The summed E-state index contributed by atoms with van der Waals surface area (Å²) in [7, 11) is 1.33. The standard InChI is InChI=1S/C22H28O5/c1-7-8-9-10-15-14(3)18(12-17(15)23)27-21(25)19-16(22(19,4)5)11-13(2)20(24)26-6/h7-9,11,16,18-19H,1,10,12H2,2-6H3/b9-8?,13-11+. The minimum atomic E-state index is -0.500. The second-order valence-corrected chi connectivity index (χ2v) is 7.75. The van der Waals surface area contributed by atoms with Gasteiger partial charge in [0.15, 0.2) is 5.78 Å². The predicted octanol–water partition coefficient (Wildman–Crippen LogP) is 3.71. The molecule has 1 fully saturated rings. The van der Waals surface area contributed by atoms with Gasteiger partial charge in [-0.25, -0.2) is 4.79 Å². The summed E-state index contributed by atoms with van der Waals surface area (Å²) in [5.41, 5.74) is 1.72. The molecule has 5 heteroatoms. The Morgan fingerprint density at radius 2 is 2.00 bits per heavy atom. The van der Waals surface area contributed by atoms with E-state index in [1.54, 1.807) is 25.2 Å². The average Bonchev–Trinajstić information content (AvgIpc) is 3.05. The molecule has 0 bridgehead atoms. The summed E-state index contributed by atoms with van der Waals surface area (Å²) < 4.78 is 10.4. The van der Waals surface area contributed by atoms with Crippen molar-refractivity contribution in [2.24, 2.45) is 17.3 Å². The molecule has 0 N–H and O–H groups in total. The molecule has 146 valence electrons. The Morgan fingerprint density at radius 3 is 2.59 bits per heavy atom. The summed E-state index contributed by atoms with van der Waals surface area (Å²) in [5, 5.41) is 0. The van der Waals surface area contributed by atoms with Crippen LogP contribution in [0.3, 0.4) is 0 Å². The molecule has 0 radical (unpaired) electrons. The van der Waals surface area contributed by atoms with Crippen LogP contribution in [0.15, 0.2) is 47.6 Å². The van der Waals surface area contributed by atoms with Crippen LogP contribution in [-0.4, -0.2) is 30.9 Å². The highest BCUT2D eigenvalue weighted by atomic mass is 16.5. The lowest BCUT2D eigenvalue weighted by atomic mass is 10.1. The third kappa shape index (κ3) is 4.29. The molecule has 1 saturated carbocycles. The molecule has 0 aromatic heterocycles. The smallest absolute Gasteiger partial charge is 0.333 e. The molecule has 0 aromatic rings. The molecule has 5 nitrogen and oxygen atoms in total. The van der Waals surface area contributed by atoms with Crippen molar-refractivity contribution in [3.8, 4) is 0 Å². The van der Waals surface area contributed by atoms with Crippen LogP contribution in [0.25, 0.3) is 0 Å². The molecule has 27 heavy (non-hydrogen) atoms. The zero-order chi connectivity index (χ0) is 20.4. The molecular formula is C22H28O5. The van der Waals surface area contributed by atoms with Crippen LogP contribution in [0.5, 0.6) is 0 Å². The van der Waals surface area contributed by atoms with E-state index in [2.05, 4.69) is 6.58 Å². The lowest BCUT2D eigenvalue weighted by Crippen LogP contribution is -2.20. The molecule has 0 amide bonds. The molecule has 3 atom stereocenters. The number of allylic oxidation sites excluding steroid dienone is 5. The third-order valence-electron chi connectivity index (χ3n) is 5.62. The first-order valence-corrected chi connectivity index (χ1v) is 9.12. The van der Waals surface area contributed by atoms with Crippen molar-refractivity contribution in [2.75, 3.05) is 7.11 Å². The average molecular weight is 372 g/mol. The normalized spacial score (nSPS) is 27.1. The minimum Gasteiger partial charge on any atom is -0.466 e. The van der Waals surface area contributed by atoms with Gasteiger partial charge in [-0.05, 0) is 37.2 Å². The monoisotopic (exact) mass is 372 g/mol. The van der Waals surface area contributed by atoms with Crippen molar-refractivity contribution in [3.05, 3.63) is 47.6 Å². The summed E-state index contributed by atoms with van der Waals surface area (Å²) in [6, 6.07) is 0. The zero-order valence-electron chi connectivity index (χ0n) is 16.7. The molecule has 0 heterocycles. The van der Waals surface area contributed by atoms with Gasteiger partial charge in [-0.2, -0.15) is 0 Å². The molecule has 0 saturated heterocycles. The van der Waals surface area contributed by atoms with Crippen molar-refractivity contribution >= 4 is 17.7 Å². The van der Waals surface area contributed by atoms with Crippen molar-refractivity contribution in [1.29, 1.82) is 0 Å². The largest absolute Gasteiger partial charge is 0.466 e. The number of Topliss-reactive ketones (excluding diaryl/α,β-unsaturated/α-hetero) is 1. The second-order valence-electron chi connectivity index (χ2n) is 7.75. The van der Waals surface area contributed by atoms with E-state index in [4.69, 9.17) is 9.47 Å². The van der Waals surface area contributed by atoms with E-state index in [1.807, 2.05) is 26.8 Å². The summed E-state index contributed by atoms with van der Waals surface area (Å²) >= 11 is 0. The Labute approximate surface area is 160 Å². The molecule has 0 aliphatic heterocycles. The Hall–Kier alpha value is -2.43. The van der Waals surface area contributed by atoms with E-state index in [0.717, 1.165) is 5.57 Å². The van der Waals surface area contributed by atoms with Gasteiger partial charge in [0.1, 0.15) is 6.10 Å². The maximum absolute atomic E-state index is 12.7. The van der Waals surface area contributed by atoms with Crippen molar-refractivity contribution < 1.29 is 23.9 Å². The topological polar surface area (TPSA) is 69.7 Å². The van der Waals surface area contributed by atoms with Gasteiger partial charge in [0.05, 0.1) is 19.4 Å². The molecule has 0 aromatic carbocycles. The van der Waals surface area contributed by atoms with Crippen molar-refractivity contribution in [3.63, 3.8) is 0 Å². The number of ether oxygens (including phenoxy) is 2. The van der Waals surface area contributed by atoms with E-state index in [-0.39, 0.29) is 35.4 Å². The van der Waals surface area contributed by atoms with Gasteiger partial charge in [-0.1, -0.05) is 44.7 Å². The van der Waals surface area contributed by atoms with Crippen molar-refractivity contribution in [1.82, 2.24) is 0 Å². The highest BCUT2D eigenvalue weighted by molar-refractivity contribution is 6.00. The SMILES string of the molecule is C=CC=CCC1=C(C)C(OC(=O)C2C(/C=C(\C)C(=O)OC)C2(C)C)CC1=O.